The van der Waals surface area contributed by atoms with Gasteiger partial charge in [0.05, 0.1) is 16.0 Å². The zero-order valence-electron chi connectivity index (χ0n) is 12.4. The summed E-state index contributed by atoms with van der Waals surface area (Å²) >= 11 is 6.17. The fourth-order valence-corrected chi connectivity index (χ4v) is 2.87. The van der Waals surface area contributed by atoms with Crippen LogP contribution in [0, 0.1) is 0 Å². The van der Waals surface area contributed by atoms with Gasteiger partial charge in [-0.2, -0.15) is 0 Å². The van der Waals surface area contributed by atoms with Crippen LogP contribution in [0.15, 0.2) is 18.2 Å². The molecular weight excluding hydrogens is 310 g/mol. The number of benzene rings is 1. The zero-order valence-corrected chi connectivity index (χ0v) is 14.0. The molecule has 0 atom stereocenters. The Morgan fingerprint density at radius 3 is 2.67 bits per heavy atom. The average Bonchev–Trinajstić information content (AvgIpc) is 3.22. The summed E-state index contributed by atoms with van der Waals surface area (Å²) in [6.45, 7) is 4.26. The first-order chi connectivity index (χ1) is 9.88. The van der Waals surface area contributed by atoms with Gasteiger partial charge in [-0.3, -0.25) is 0 Å². The third kappa shape index (κ3) is 5.16. The summed E-state index contributed by atoms with van der Waals surface area (Å²) in [5, 5.41) is 3.55. The van der Waals surface area contributed by atoms with Crippen molar-refractivity contribution in [3.8, 4) is 5.75 Å². The van der Waals surface area contributed by atoms with Gasteiger partial charge < -0.3 is 10.1 Å². The molecule has 0 spiro atoms. The smallest absolute Gasteiger partial charge is 0.155 e. The molecule has 6 heteroatoms. The predicted molar refractivity (Wildman–Crippen MR) is 85.7 cm³/mol. The molecule has 1 fully saturated rings. The van der Waals surface area contributed by atoms with Crippen molar-refractivity contribution in [2.45, 2.75) is 44.5 Å². The maximum atomic E-state index is 11.7. The highest BCUT2D eigenvalue weighted by molar-refractivity contribution is 7.91. The van der Waals surface area contributed by atoms with Gasteiger partial charge in [0.15, 0.2) is 9.84 Å². The van der Waals surface area contributed by atoms with Crippen molar-refractivity contribution in [1.82, 2.24) is 5.32 Å². The summed E-state index contributed by atoms with van der Waals surface area (Å²) in [5.74, 6) is 0.539. The van der Waals surface area contributed by atoms with Crippen molar-refractivity contribution in [3.63, 3.8) is 0 Å². The number of rotatable bonds is 8. The van der Waals surface area contributed by atoms with Crippen LogP contribution in [-0.2, 0) is 16.4 Å². The van der Waals surface area contributed by atoms with Crippen molar-refractivity contribution in [3.05, 3.63) is 28.8 Å². The lowest BCUT2D eigenvalue weighted by Gasteiger charge is -2.11. The van der Waals surface area contributed by atoms with Crippen molar-refractivity contribution in [1.29, 1.82) is 0 Å². The van der Waals surface area contributed by atoms with Crippen LogP contribution in [0.3, 0.4) is 0 Å². The van der Waals surface area contributed by atoms with E-state index in [2.05, 4.69) is 5.32 Å². The molecule has 1 N–H and O–H groups in total. The van der Waals surface area contributed by atoms with Gasteiger partial charge >= 0.3 is 0 Å². The number of sulfone groups is 1. The monoisotopic (exact) mass is 331 g/mol. The summed E-state index contributed by atoms with van der Waals surface area (Å²) in [4.78, 5) is 0. The minimum atomic E-state index is -3.08. The lowest BCUT2D eigenvalue weighted by atomic mass is 10.2. The van der Waals surface area contributed by atoms with Crippen LogP contribution < -0.4 is 10.1 Å². The second kappa shape index (κ2) is 6.99. The minimum Gasteiger partial charge on any atom is -0.491 e. The van der Waals surface area contributed by atoms with Gasteiger partial charge in [-0.25, -0.2) is 8.42 Å². The Morgan fingerprint density at radius 1 is 1.38 bits per heavy atom. The molecule has 0 bridgehead atoms. The van der Waals surface area contributed by atoms with Crippen LogP contribution in [0.5, 0.6) is 5.75 Å². The Balaban J connectivity index is 1.85. The molecule has 21 heavy (non-hydrogen) atoms. The number of hydrogen-bond donors (Lipinski definition) is 1. The highest BCUT2D eigenvalue weighted by atomic mass is 35.5. The molecule has 2 rings (SSSR count). The first kappa shape index (κ1) is 16.6. The van der Waals surface area contributed by atoms with Gasteiger partial charge in [0.1, 0.15) is 12.4 Å². The highest BCUT2D eigenvalue weighted by Crippen LogP contribution is 2.26. The van der Waals surface area contributed by atoms with Gasteiger partial charge in [0.2, 0.25) is 0 Å². The summed E-state index contributed by atoms with van der Waals surface area (Å²) in [7, 11) is -3.08. The Bertz CT molecular complexity index is 583. The largest absolute Gasteiger partial charge is 0.491 e. The summed E-state index contributed by atoms with van der Waals surface area (Å²) < 4.78 is 28.9. The Labute approximate surface area is 131 Å². The van der Waals surface area contributed by atoms with Crippen LogP contribution in [0.4, 0.5) is 0 Å². The third-order valence-electron chi connectivity index (χ3n) is 3.51. The molecule has 0 aliphatic heterocycles. The summed E-state index contributed by atoms with van der Waals surface area (Å²) in [5.41, 5.74) is 1.11. The Hall–Kier alpha value is -0.780. The van der Waals surface area contributed by atoms with Gasteiger partial charge in [0, 0.05) is 12.6 Å². The van der Waals surface area contributed by atoms with Gasteiger partial charge in [-0.1, -0.05) is 17.7 Å². The minimum absolute atomic E-state index is 0.00594. The molecule has 0 heterocycles. The van der Waals surface area contributed by atoms with E-state index in [0.717, 1.165) is 12.1 Å². The molecule has 0 radical (unpaired) electrons. The van der Waals surface area contributed by atoms with E-state index >= 15 is 0 Å². The molecule has 0 saturated heterocycles. The van der Waals surface area contributed by atoms with Crippen molar-refractivity contribution >= 4 is 21.4 Å². The fraction of sp³-hybridized carbons (Fsp3) is 0.600. The van der Waals surface area contributed by atoms with Gasteiger partial charge in [-0.15, -0.1) is 0 Å². The number of ether oxygens (including phenoxy) is 1. The van der Waals surface area contributed by atoms with Gasteiger partial charge in [-0.05, 0) is 44.4 Å². The van der Waals surface area contributed by atoms with Crippen LogP contribution in [0.25, 0.3) is 0 Å². The van der Waals surface area contributed by atoms with Gasteiger partial charge in [0.25, 0.3) is 0 Å². The first-order valence-electron chi connectivity index (χ1n) is 7.24. The molecule has 1 aliphatic carbocycles. The molecule has 118 valence electrons. The molecule has 4 nitrogen and oxygen atoms in total. The zero-order chi connectivity index (χ0) is 15.5. The molecule has 0 amide bonds. The van der Waals surface area contributed by atoms with E-state index in [-0.39, 0.29) is 17.6 Å². The molecule has 0 aromatic heterocycles. The van der Waals surface area contributed by atoms with Crippen molar-refractivity contribution in [2.24, 2.45) is 0 Å². The third-order valence-corrected chi connectivity index (χ3v) is 5.98. The van der Waals surface area contributed by atoms with Crippen molar-refractivity contribution in [2.75, 3.05) is 12.4 Å². The lowest BCUT2D eigenvalue weighted by Crippen LogP contribution is -2.22. The van der Waals surface area contributed by atoms with Crippen LogP contribution in [0.1, 0.15) is 32.3 Å². The second-order valence-electron chi connectivity index (χ2n) is 5.68. The van der Waals surface area contributed by atoms with E-state index in [4.69, 9.17) is 16.3 Å². The molecule has 1 aromatic rings. The Morgan fingerprint density at radius 2 is 2.10 bits per heavy atom. The van der Waals surface area contributed by atoms with Crippen LogP contribution >= 0.6 is 11.6 Å². The van der Waals surface area contributed by atoms with Crippen LogP contribution in [0.2, 0.25) is 5.02 Å². The summed E-state index contributed by atoms with van der Waals surface area (Å²) in [6.07, 6.45) is 2.50. The highest BCUT2D eigenvalue weighted by Gasteiger charge is 2.20. The van der Waals surface area contributed by atoms with Crippen molar-refractivity contribution < 1.29 is 13.2 Å². The standard InChI is InChI=1S/C15H22ClNO3S/c1-11(2)21(18,19)8-7-20-15-6-3-12(9-14(15)16)10-17-13-4-5-13/h3,6,9,11,13,17H,4-5,7-8,10H2,1-2H3. The van der Waals surface area contributed by atoms with E-state index in [1.54, 1.807) is 19.9 Å². The number of halogens is 1. The first-order valence-corrected chi connectivity index (χ1v) is 9.34. The average molecular weight is 332 g/mol. The van der Waals surface area contributed by atoms with E-state index in [0.29, 0.717) is 16.8 Å². The quantitative estimate of drug-likeness (QED) is 0.796. The van der Waals surface area contributed by atoms with E-state index in [9.17, 15) is 8.42 Å². The molecule has 0 unspecified atom stereocenters. The SMILES string of the molecule is CC(C)S(=O)(=O)CCOc1ccc(CNC2CC2)cc1Cl. The normalized spacial score (nSPS) is 15.4. The number of nitrogens with one attached hydrogen (secondary N) is 1. The van der Waals surface area contributed by atoms with Crippen LogP contribution in [-0.4, -0.2) is 32.1 Å². The van der Waals surface area contributed by atoms with E-state index < -0.39 is 9.84 Å². The summed E-state index contributed by atoms with van der Waals surface area (Å²) in [6, 6.07) is 6.27. The maximum absolute atomic E-state index is 11.7. The Kier molecular flexibility index (Phi) is 5.52. The molecular formula is C15H22ClNO3S. The molecule has 1 saturated carbocycles. The maximum Gasteiger partial charge on any atom is 0.155 e. The number of hydrogen-bond acceptors (Lipinski definition) is 4. The molecule has 1 aromatic carbocycles. The van der Waals surface area contributed by atoms with E-state index in [1.807, 2.05) is 12.1 Å². The predicted octanol–water partition coefficient (Wildman–Crippen LogP) is 2.79. The molecule has 1 aliphatic rings. The lowest BCUT2D eigenvalue weighted by molar-refractivity contribution is 0.340. The fourth-order valence-electron chi connectivity index (χ4n) is 1.82. The topological polar surface area (TPSA) is 55.4 Å². The van der Waals surface area contributed by atoms with E-state index in [1.165, 1.54) is 12.8 Å². The second-order valence-corrected chi connectivity index (χ2v) is 8.77.